The fourth-order valence-corrected chi connectivity index (χ4v) is 4.64. The molecule has 0 saturated heterocycles. The Labute approximate surface area is 125 Å². The van der Waals surface area contributed by atoms with Gasteiger partial charge in [-0.3, -0.25) is 9.79 Å². The number of carbonyl (C=O) groups is 1. The Kier molecular flexibility index (Phi) is 3.24. The molecular formula is C18H23NO2. The summed E-state index contributed by atoms with van der Waals surface area (Å²) < 4.78 is 0. The minimum Gasteiger partial charge on any atom is -0.511 e. The van der Waals surface area contributed by atoms with Crippen LogP contribution in [0.15, 0.2) is 28.5 Å². The normalized spacial score (nSPS) is 39.0. The Hall–Kier alpha value is -1.38. The third-order valence-corrected chi connectivity index (χ3v) is 5.80. The molecule has 2 fully saturated rings. The molecule has 0 radical (unpaired) electrons. The van der Waals surface area contributed by atoms with Gasteiger partial charge in [-0.25, -0.2) is 0 Å². The first-order valence-electron chi connectivity index (χ1n) is 8.49. The zero-order chi connectivity index (χ0) is 14.4. The van der Waals surface area contributed by atoms with Crippen LogP contribution >= 0.6 is 0 Å². The molecule has 0 amide bonds. The van der Waals surface area contributed by atoms with Gasteiger partial charge in [-0.05, 0) is 37.7 Å². The Morgan fingerprint density at radius 1 is 1.00 bits per heavy atom. The summed E-state index contributed by atoms with van der Waals surface area (Å²) in [7, 11) is 0. The van der Waals surface area contributed by atoms with E-state index >= 15 is 0 Å². The van der Waals surface area contributed by atoms with Crippen LogP contribution in [0.25, 0.3) is 0 Å². The van der Waals surface area contributed by atoms with Crippen LogP contribution in [-0.2, 0) is 4.79 Å². The van der Waals surface area contributed by atoms with Crippen LogP contribution in [-0.4, -0.2) is 22.6 Å². The van der Waals surface area contributed by atoms with Crippen molar-refractivity contribution in [2.45, 2.75) is 57.4 Å². The van der Waals surface area contributed by atoms with E-state index in [-0.39, 0.29) is 17.6 Å². The lowest BCUT2D eigenvalue weighted by molar-refractivity contribution is -0.119. The van der Waals surface area contributed by atoms with Crippen LogP contribution in [0.5, 0.6) is 0 Å². The summed E-state index contributed by atoms with van der Waals surface area (Å²) >= 11 is 0. The van der Waals surface area contributed by atoms with Crippen molar-refractivity contribution >= 4 is 11.5 Å². The predicted molar refractivity (Wildman–Crippen MR) is 82.4 cm³/mol. The number of fused-ring (bicyclic) bond motifs is 2. The molecule has 1 aliphatic heterocycles. The van der Waals surface area contributed by atoms with E-state index in [2.05, 4.69) is 6.08 Å². The summed E-state index contributed by atoms with van der Waals surface area (Å²) in [6.07, 6.45) is 13.2. The average molecular weight is 285 g/mol. The standard InChI is InChI=1S/C18H23NO2/c20-17-12-6-2-3-7-13(12)18(21)16(17)15-10-9-11-5-1-4-8-14(11)19-15/h9-14,20H,1-8H2. The maximum atomic E-state index is 12.7. The first-order valence-corrected chi connectivity index (χ1v) is 8.49. The van der Waals surface area contributed by atoms with Crippen molar-refractivity contribution in [3.63, 3.8) is 0 Å². The van der Waals surface area contributed by atoms with Gasteiger partial charge in [0.1, 0.15) is 5.76 Å². The average Bonchev–Trinajstić information content (AvgIpc) is 2.79. The summed E-state index contributed by atoms with van der Waals surface area (Å²) in [5.41, 5.74) is 1.31. The molecule has 0 bridgehead atoms. The van der Waals surface area contributed by atoms with Gasteiger partial charge in [-0.15, -0.1) is 0 Å². The van der Waals surface area contributed by atoms with E-state index in [1.54, 1.807) is 0 Å². The molecule has 4 rings (SSSR count). The molecule has 4 unspecified atom stereocenters. The molecule has 21 heavy (non-hydrogen) atoms. The van der Waals surface area contributed by atoms with Gasteiger partial charge >= 0.3 is 0 Å². The van der Waals surface area contributed by atoms with Crippen LogP contribution in [0, 0.1) is 17.8 Å². The van der Waals surface area contributed by atoms with Gasteiger partial charge in [0.25, 0.3) is 0 Å². The highest BCUT2D eigenvalue weighted by atomic mass is 16.3. The maximum absolute atomic E-state index is 12.7. The fourth-order valence-electron chi connectivity index (χ4n) is 4.64. The quantitative estimate of drug-likeness (QED) is 0.797. The van der Waals surface area contributed by atoms with E-state index in [1.165, 1.54) is 19.3 Å². The molecule has 3 aliphatic carbocycles. The molecule has 112 valence electrons. The van der Waals surface area contributed by atoms with E-state index in [0.29, 0.717) is 23.3 Å². The fraction of sp³-hybridized carbons (Fsp3) is 0.667. The third-order valence-electron chi connectivity index (χ3n) is 5.80. The smallest absolute Gasteiger partial charge is 0.172 e. The molecule has 0 aromatic heterocycles. The van der Waals surface area contributed by atoms with Gasteiger partial charge in [0.15, 0.2) is 5.78 Å². The summed E-state index contributed by atoms with van der Waals surface area (Å²) in [5.74, 6) is 1.12. The van der Waals surface area contributed by atoms with Crippen LogP contribution in [0.4, 0.5) is 0 Å². The third kappa shape index (κ3) is 2.09. The first-order chi connectivity index (χ1) is 10.3. The van der Waals surface area contributed by atoms with E-state index in [0.717, 1.165) is 37.8 Å². The Balaban J connectivity index is 1.66. The molecule has 2 saturated carbocycles. The number of rotatable bonds is 1. The Morgan fingerprint density at radius 2 is 1.71 bits per heavy atom. The molecule has 4 aliphatic rings. The number of carbonyl (C=O) groups excluding carboxylic acids is 1. The van der Waals surface area contributed by atoms with E-state index < -0.39 is 0 Å². The second-order valence-electron chi connectivity index (χ2n) is 7.01. The van der Waals surface area contributed by atoms with Crippen LogP contribution < -0.4 is 0 Å². The van der Waals surface area contributed by atoms with Crippen molar-refractivity contribution in [2.24, 2.45) is 22.7 Å². The summed E-state index contributed by atoms with van der Waals surface area (Å²) in [6, 6.07) is 0.328. The monoisotopic (exact) mass is 285 g/mol. The number of allylic oxidation sites excluding steroid dienone is 3. The van der Waals surface area contributed by atoms with Crippen molar-refractivity contribution in [1.82, 2.24) is 0 Å². The number of ketones is 1. The second-order valence-corrected chi connectivity index (χ2v) is 7.01. The molecular weight excluding hydrogens is 262 g/mol. The molecule has 3 nitrogen and oxygen atoms in total. The number of aliphatic hydroxyl groups is 1. The molecule has 3 heteroatoms. The highest BCUT2D eigenvalue weighted by molar-refractivity contribution is 6.29. The van der Waals surface area contributed by atoms with Gasteiger partial charge in [0, 0.05) is 11.8 Å². The number of hydrogen-bond acceptors (Lipinski definition) is 3. The number of aliphatic hydroxyl groups excluding tert-OH is 1. The Morgan fingerprint density at radius 3 is 2.52 bits per heavy atom. The van der Waals surface area contributed by atoms with Gasteiger partial charge in [-0.1, -0.05) is 31.8 Å². The van der Waals surface area contributed by atoms with E-state index in [1.807, 2.05) is 6.08 Å². The van der Waals surface area contributed by atoms with Crippen LogP contribution in [0.1, 0.15) is 51.4 Å². The number of aliphatic imine (C=N–C) groups is 1. The highest BCUT2D eigenvalue weighted by Crippen LogP contribution is 2.44. The van der Waals surface area contributed by atoms with Crippen LogP contribution in [0.2, 0.25) is 0 Å². The van der Waals surface area contributed by atoms with Crippen molar-refractivity contribution in [3.05, 3.63) is 23.5 Å². The lowest BCUT2D eigenvalue weighted by atomic mass is 9.80. The topological polar surface area (TPSA) is 49.7 Å². The number of nitrogens with zero attached hydrogens (tertiary/aromatic N) is 1. The van der Waals surface area contributed by atoms with Crippen molar-refractivity contribution in [1.29, 1.82) is 0 Å². The van der Waals surface area contributed by atoms with Crippen molar-refractivity contribution < 1.29 is 9.90 Å². The second kappa shape index (κ2) is 5.11. The summed E-state index contributed by atoms with van der Waals surface area (Å²) in [5, 5.41) is 10.5. The van der Waals surface area contributed by atoms with Crippen molar-refractivity contribution in [2.75, 3.05) is 0 Å². The highest BCUT2D eigenvalue weighted by Gasteiger charge is 2.44. The number of Topliss-reactive ketones (excluding diaryl/α,β-unsaturated/α-hetero) is 1. The zero-order valence-corrected chi connectivity index (χ0v) is 12.4. The molecule has 4 atom stereocenters. The minimum absolute atomic E-state index is 0.0222. The maximum Gasteiger partial charge on any atom is 0.172 e. The molecule has 1 heterocycles. The van der Waals surface area contributed by atoms with E-state index in [4.69, 9.17) is 4.99 Å². The number of hydrogen-bond donors (Lipinski definition) is 1. The SMILES string of the molecule is O=C1C(C2=NC3CCCCC3C=C2)=C(O)C2CCCCC12. The zero-order valence-electron chi connectivity index (χ0n) is 12.4. The van der Waals surface area contributed by atoms with Gasteiger partial charge in [-0.2, -0.15) is 0 Å². The largest absolute Gasteiger partial charge is 0.511 e. The Bertz CT molecular complexity index is 558. The molecule has 0 spiro atoms. The lowest BCUT2D eigenvalue weighted by Gasteiger charge is -2.29. The first kappa shape index (κ1) is 13.3. The van der Waals surface area contributed by atoms with Gasteiger partial charge in [0.05, 0.1) is 17.3 Å². The molecule has 0 aromatic carbocycles. The summed E-state index contributed by atoms with van der Waals surface area (Å²) in [4.78, 5) is 17.5. The summed E-state index contributed by atoms with van der Waals surface area (Å²) in [6.45, 7) is 0. The van der Waals surface area contributed by atoms with Crippen LogP contribution in [0.3, 0.4) is 0 Å². The van der Waals surface area contributed by atoms with Gasteiger partial charge in [0.2, 0.25) is 0 Å². The predicted octanol–water partition coefficient (Wildman–Crippen LogP) is 3.76. The van der Waals surface area contributed by atoms with E-state index in [9.17, 15) is 9.90 Å². The molecule has 0 aromatic rings. The van der Waals surface area contributed by atoms with Crippen molar-refractivity contribution in [3.8, 4) is 0 Å². The number of dihydropyridines is 1. The lowest BCUT2D eigenvalue weighted by Crippen LogP contribution is -2.28. The molecule has 1 N–H and O–H groups in total. The van der Waals surface area contributed by atoms with Gasteiger partial charge < -0.3 is 5.11 Å². The minimum atomic E-state index is 0.0222.